The van der Waals surface area contributed by atoms with Crippen molar-refractivity contribution in [1.29, 1.82) is 0 Å². The third-order valence-electron chi connectivity index (χ3n) is 5.84. The van der Waals surface area contributed by atoms with Gasteiger partial charge in [0.2, 0.25) is 0 Å². The highest BCUT2D eigenvalue weighted by molar-refractivity contribution is 5.78. The summed E-state index contributed by atoms with van der Waals surface area (Å²) in [6, 6.07) is 1.17. The molecule has 1 saturated heterocycles. The van der Waals surface area contributed by atoms with Gasteiger partial charge in [0.15, 0.2) is 5.65 Å². The number of fused-ring (bicyclic) bond motifs is 3. The predicted octanol–water partition coefficient (Wildman–Crippen LogP) is 1.41. The molecule has 0 aromatic carbocycles. The number of rotatable bonds is 3. The Morgan fingerprint density at radius 2 is 1.96 bits per heavy atom. The van der Waals surface area contributed by atoms with Crippen LogP contribution < -0.4 is 5.32 Å². The molecule has 4 heterocycles. The maximum Gasteiger partial charge on any atom is 0.159 e. The average Bonchev–Trinajstić information content (AvgIpc) is 2.87. The van der Waals surface area contributed by atoms with Gasteiger partial charge in [0, 0.05) is 69.0 Å². The fourth-order valence-corrected chi connectivity index (χ4v) is 4.46. The number of piperazine rings is 1. The van der Waals surface area contributed by atoms with Gasteiger partial charge in [-0.1, -0.05) is 0 Å². The Hall–Kier alpha value is -1.50. The predicted molar refractivity (Wildman–Crippen MR) is 101 cm³/mol. The largest absolute Gasteiger partial charge is 0.327 e. The van der Waals surface area contributed by atoms with Crippen LogP contribution in [-0.2, 0) is 19.5 Å². The molecule has 2 aromatic heterocycles. The molecule has 2 unspecified atom stereocenters. The van der Waals surface area contributed by atoms with Gasteiger partial charge in [-0.25, -0.2) is 9.97 Å². The molecule has 0 radical (unpaired) electrons. The minimum atomic E-state index is 0.584. The lowest BCUT2D eigenvalue weighted by atomic mass is 10.1. The van der Waals surface area contributed by atoms with Gasteiger partial charge in [0.25, 0.3) is 0 Å². The van der Waals surface area contributed by atoms with Crippen LogP contribution in [0.5, 0.6) is 0 Å². The molecule has 1 fully saturated rings. The molecule has 2 aliphatic heterocycles. The SMILES string of the molecule is Cc1cnc2c(n1)c1c(n2CCN2C(C)CNCC2C)CCN(C)C1. The lowest BCUT2D eigenvalue weighted by Gasteiger charge is -2.39. The van der Waals surface area contributed by atoms with Crippen LogP contribution in [0.3, 0.4) is 0 Å². The van der Waals surface area contributed by atoms with Crippen LogP contribution in [0.4, 0.5) is 0 Å². The van der Waals surface area contributed by atoms with E-state index in [2.05, 4.69) is 40.6 Å². The van der Waals surface area contributed by atoms with Gasteiger partial charge in [-0.3, -0.25) is 4.90 Å². The molecule has 2 aliphatic rings. The number of aryl methyl sites for hydroxylation is 1. The van der Waals surface area contributed by atoms with Crippen molar-refractivity contribution in [3.63, 3.8) is 0 Å². The maximum absolute atomic E-state index is 4.84. The van der Waals surface area contributed by atoms with E-state index >= 15 is 0 Å². The van der Waals surface area contributed by atoms with Gasteiger partial charge in [-0.15, -0.1) is 0 Å². The molecule has 0 aliphatic carbocycles. The molecule has 136 valence electrons. The highest BCUT2D eigenvalue weighted by Gasteiger charge is 2.27. The molecule has 6 nitrogen and oxygen atoms in total. The number of nitrogens with zero attached hydrogens (tertiary/aromatic N) is 5. The summed E-state index contributed by atoms with van der Waals surface area (Å²) in [5.41, 5.74) is 6.03. The van der Waals surface area contributed by atoms with Crippen molar-refractivity contribution < 1.29 is 0 Å². The van der Waals surface area contributed by atoms with E-state index in [0.717, 1.165) is 62.5 Å². The molecule has 2 atom stereocenters. The fourth-order valence-electron chi connectivity index (χ4n) is 4.46. The first-order chi connectivity index (χ1) is 12.0. The number of hydrogen-bond acceptors (Lipinski definition) is 5. The van der Waals surface area contributed by atoms with E-state index in [1.54, 1.807) is 0 Å². The summed E-state index contributed by atoms with van der Waals surface area (Å²) in [5.74, 6) is 0. The van der Waals surface area contributed by atoms with Gasteiger partial charge in [-0.05, 0) is 27.8 Å². The van der Waals surface area contributed by atoms with Gasteiger partial charge < -0.3 is 14.8 Å². The van der Waals surface area contributed by atoms with E-state index in [4.69, 9.17) is 9.97 Å². The van der Waals surface area contributed by atoms with Gasteiger partial charge in [-0.2, -0.15) is 0 Å². The van der Waals surface area contributed by atoms with Crippen LogP contribution in [0.25, 0.3) is 11.2 Å². The molecule has 0 amide bonds. The number of hydrogen-bond donors (Lipinski definition) is 1. The summed E-state index contributed by atoms with van der Waals surface area (Å²) >= 11 is 0. The number of aromatic nitrogens is 3. The van der Waals surface area contributed by atoms with Gasteiger partial charge >= 0.3 is 0 Å². The van der Waals surface area contributed by atoms with E-state index in [1.165, 1.54) is 11.3 Å². The van der Waals surface area contributed by atoms with Crippen molar-refractivity contribution in [1.82, 2.24) is 29.7 Å². The number of nitrogens with one attached hydrogen (secondary N) is 1. The summed E-state index contributed by atoms with van der Waals surface area (Å²) in [6.45, 7) is 13.0. The molecular weight excluding hydrogens is 312 g/mol. The first kappa shape index (κ1) is 16.9. The molecular formula is C19H30N6. The second kappa shape index (κ2) is 6.67. The third kappa shape index (κ3) is 3.07. The van der Waals surface area contributed by atoms with Gasteiger partial charge in [0.05, 0.1) is 11.9 Å². The minimum Gasteiger partial charge on any atom is -0.327 e. The zero-order chi connectivity index (χ0) is 17.6. The van der Waals surface area contributed by atoms with Crippen molar-refractivity contribution in [2.75, 3.05) is 33.2 Å². The quantitative estimate of drug-likeness (QED) is 0.914. The maximum atomic E-state index is 4.84. The molecule has 6 heteroatoms. The Labute approximate surface area is 150 Å². The van der Waals surface area contributed by atoms with E-state index < -0.39 is 0 Å². The van der Waals surface area contributed by atoms with Crippen molar-refractivity contribution in [3.05, 3.63) is 23.1 Å². The Bertz CT molecular complexity index is 757. The molecule has 2 aromatic rings. The monoisotopic (exact) mass is 342 g/mol. The highest BCUT2D eigenvalue weighted by Crippen LogP contribution is 2.28. The Morgan fingerprint density at radius 3 is 2.72 bits per heavy atom. The first-order valence-corrected chi connectivity index (χ1v) is 9.53. The molecule has 0 spiro atoms. The van der Waals surface area contributed by atoms with Crippen LogP contribution in [-0.4, -0.2) is 69.6 Å². The minimum absolute atomic E-state index is 0.584. The zero-order valence-electron chi connectivity index (χ0n) is 15.9. The van der Waals surface area contributed by atoms with Crippen molar-refractivity contribution >= 4 is 11.2 Å². The first-order valence-electron chi connectivity index (χ1n) is 9.53. The van der Waals surface area contributed by atoms with Crippen molar-refractivity contribution in [3.8, 4) is 0 Å². The summed E-state index contributed by atoms with van der Waals surface area (Å²) in [7, 11) is 2.19. The smallest absolute Gasteiger partial charge is 0.159 e. The summed E-state index contributed by atoms with van der Waals surface area (Å²) in [5, 5.41) is 3.52. The summed E-state index contributed by atoms with van der Waals surface area (Å²) < 4.78 is 2.45. The molecule has 0 bridgehead atoms. The number of likely N-dealkylation sites (N-methyl/N-ethyl adjacent to an activating group) is 1. The lowest BCUT2D eigenvalue weighted by molar-refractivity contribution is 0.112. The summed E-state index contributed by atoms with van der Waals surface area (Å²) in [4.78, 5) is 14.6. The van der Waals surface area contributed by atoms with E-state index in [1.807, 2.05) is 13.1 Å². The summed E-state index contributed by atoms with van der Waals surface area (Å²) in [6.07, 6.45) is 3.00. The van der Waals surface area contributed by atoms with E-state index in [0.29, 0.717) is 12.1 Å². The molecule has 4 rings (SSSR count). The van der Waals surface area contributed by atoms with E-state index in [9.17, 15) is 0 Å². The topological polar surface area (TPSA) is 49.2 Å². The Balaban J connectivity index is 1.67. The van der Waals surface area contributed by atoms with Crippen LogP contribution in [0.2, 0.25) is 0 Å². The Morgan fingerprint density at radius 1 is 1.20 bits per heavy atom. The van der Waals surface area contributed by atoms with Gasteiger partial charge in [0.1, 0.15) is 5.52 Å². The van der Waals surface area contributed by atoms with E-state index in [-0.39, 0.29) is 0 Å². The standard InChI is InChI=1S/C19H30N6/c1-13-9-21-19-18(22-13)16-12-23(4)6-5-17(16)25(19)8-7-24-14(2)10-20-11-15(24)3/h9,14-15,20H,5-8,10-12H2,1-4H3. The highest BCUT2D eigenvalue weighted by atomic mass is 15.3. The molecule has 1 N–H and O–H groups in total. The normalized spacial score (nSPS) is 25.4. The second-order valence-corrected chi connectivity index (χ2v) is 7.84. The van der Waals surface area contributed by atoms with Crippen molar-refractivity contribution in [2.45, 2.75) is 52.4 Å². The van der Waals surface area contributed by atoms with Crippen LogP contribution in [0, 0.1) is 6.92 Å². The lowest BCUT2D eigenvalue weighted by Crippen LogP contribution is -2.55. The molecule has 0 saturated carbocycles. The Kier molecular flexibility index (Phi) is 4.52. The average molecular weight is 342 g/mol. The van der Waals surface area contributed by atoms with Crippen molar-refractivity contribution in [2.24, 2.45) is 0 Å². The third-order valence-corrected chi connectivity index (χ3v) is 5.84. The van der Waals surface area contributed by atoms with Crippen LogP contribution in [0.1, 0.15) is 30.8 Å². The molecule has 25 heavy (non-hydrogen) atoms. The zero-order valence-corrected chi connectivity index (χ0v) is 15.9. The van der Waals surface area contributed by atoms with Crippen LogP contribution in [0.15, 0.2) is 6.20 Å². The second-order valence-electron chi connectivity index (χ2n) is 7.84. The van der Waals surface area contributed by atoms with Crippen LogP contribution >= 0.6 is 0 Å². The fraction of sp³-hybridized carbons (Fsp3) is 0.684.